The number of alkyl halides is 1. The maximum absolute atomic E-state index is 5.84. The number of aromatic nitrogens is 1. The maximum Gasteiger partial charge on any atom is 0.128 e. The Labute approximate surface area is 109 Å². The topological polar surface area (TPSA) is 16.1 Å². The van der Waals surface area contributed by atoms with Crippen LogP contribution in [0.25, 0.3) is 0 Å². The summed E-state index contributed by atoms with van der Waals surface area (Å²) in [6.45, 7) is 6.87. The molecule has 0 bridgehead atoms. The molecule has 0 aromatic carbocycles. The highest BCUT2D eigenvalue weighted by Crippen LogP contribution is 2.38. The lowest BCUT2D eigenvalue weighted by atomic mass is 9.82. The van der Waals surface area contributed by atoms with Gasteiger partial charge < -0.3 is 4.90 Å². The van der Waals surface area contributed by atoms with Crippen molar-refractivity contribution in [2.24, 2.45) is 5.41 Å². The molecule has 0 amide bonds. The second kappa shape index (κ2) is 5.26. The Hall–Kier alpha value is -0.760. The van der Waals surface area contributed by atoms with E-state index in [0.717, 1.165) is 24.6 Å². The number of hydrogen-bond acceptors (Lipinski definition) is 2. The average molecular weight is 253 g/mol. The van der Waals surface area contributed by atoms with E-state index in [1.165, 1.54) is 19.3 Å². The van der Waals surface area contributed by atoms with E-state index in [1.54, 1.807) is 0 Å². The first-order valence-corrected chi connectivity index (χ1v) is 7.03. The molecule has 0 atom stereocenters. The Kier molecular flexibility index (Phi) is 3.93. The lowest BCUT2D eigenvalue weighted by Crippen LogP contribution is -2.26. The van der Waals surface area contributed by atoms with Gasteiger partial charge in [-0.05, 0) is 36.8 Å². The number of rotatable bonds is 4. The summed E-state index contributed by atoms with van der Waals surface area (Å²) in [5.41, 5.74) is 1.47. The SMILES string of the molecule is CCC1(CC)CCN(c2cccc(CCl)n2)C1. The van der Waals surface area contributed by atoms with Crippen LogP contribution in [0.2, 0.25) is 0 Å². The first-order chi connectivity index (χ1) is 8.23. The fraction of sp³-hybridized carbons (Fsp3) is 0.643. The Balaban J connectivity index is 2.14. The molecule has 3 heteroatoms. The summed E-state index contributed by atoms with van der Waals surface area (Å²) in [5, 5.41) is 0. The smallest absolute Gasteiger partial charge is 0.128 e. The van der Waals surface area contributed by atoms with Crippen LogP contribution < -0.4 is 4.90 Å². The van der Waals surface area contributed by atoms with Gasteiger partial charge in [0.1, 0.15) is 5.82 Å². The van der Waals surface area contributed by atoms with Gasteiger partial charge in [-0.3, -0.25) is 0 Å². The van der Waals surface area contributed by atoms with Gasteiger partial charge in [0, 0.05) is 13.1 Å². The van der Waals surface area contributed by atoms with Crippen molar-refractivity contribution in [1.82, 2.24) is 4.98 Å². The van der Waals surface area contributed by atoms with Crippen molar-refractivity contribution >= 4 is 17.4 Å². The summed E-state index contributed by atoms with van der Waals surface area (Å²) in [6, 6.07) is 6.13. The predicted octanol–water partition coefficient (Wildman–Crippen LogP) is 3.84. The molecule has 2 nitrogen and oxygen atoms in total. The van der Waals surface area contributed by atoms with Crippen LogP contribution in [0.5, 0.6) is 0 Å². The summed E-state index contributed by atoms with van der Waals surface area (Å²) in [6.07, 6.45) is 3.80. The van der Waals surface area contributed by atoms with Crippen molar-refractivity contribution in [3.05, 3.63) is 23.9 Å². The molecular formula is C14H21ClN2. The second-order valence-electron chi connectivity index (χ2n) is 5.00. The number of pyridine rings is 1. The minimum atomic E-state index is 0.494. The lowest BCUT2D eigenvalue weighted by Gasteiger charge is -2.26. The number of anilines is 1. The summed E-state index contributed by atoms with van der Waals surface area (Å²) >= 11 is 5.84. The van der Waals surface area contributed by atoms with Crippen LogP contribution in [0.1, 0.15) is 38.8 Å². The standard InChI is InChI=1S/C14H21ClN2/c1-3-14(4-2)8-9-17(11-14)13-7-5-6-12(10-15)16-13/h5-7H,3-4,8-11H2,1-2H3. The van der Waals surface area contributed by atoms with Crippen LogP contribution in [0.3, 0.4) is 0 Å². The molecule has 94 valence electrons. The Bertz CT molecular complexity index is 374. The quantitative estimate of drug-likeness (QED) is 0.757. The fourth-order valence-electron chi connectivity index (χ4n) is 2.68. The third-order valence-electron chi connectivity index (χ3n) is 4.19. The number of halogens is 1. The largest absolute Gasteiger partial charge is 0.356 e. The van der Waals surface area contributed by atoms with E-state index in [1.807, 2.05) is 6.07 Å². The van der Waals surface area contributed by atoms with Gasteiger partial charge >= 0.3 is 0 Å². The van der Waals surface area contributed by atoms with Crippen molar-refractivity contribution in [1.29, 1.82) is 0 Å². The average Bonchev–Trinajstić information content (AvgIpc) is 2.84. The molecule has 2 rings (SSSR count). The first-order valence-electron chi connectivity index (χ1n) is 6.50. The van der Waals surface area contributed by atoms with E-state index in [4.69, 9.17) is 11.6 Å². The highest BCUT2D eigenvalue weighted by atomic mass is 35.5. The highest BCUT2D eigenvalue weighted by molar-refractivity contribution is 6.16. The van der Waals surface area contributed by atoms with Crippen LogP contribution in [0.4, 0.5) is 5.82 Å². The normalized spacial score (nSPS) is 18.6. The molecular weight excluding hydrogens is 232 g/mol. The van der Waals surface area contributed by atoms with Crippen molar-refractivity contribution in [3.8, 4) is 0 Å². The molecule has 1 saturated heterocycles. The van der Waals surface area contributed by atoms with E-state index in [2.05, 4.69) is 35.9 Å². The van der Waals surface area contributed by atoms with Gasteiger partial charge in [0.2, 0.25) is 0 Å². The van der Waals surface area contributed by atoms with Gasteiger partial charge in [-0.2, -0.15) is 0 Å². The minimum Gasteiger partial charge on any atom is -0.356 e. The zero-order valence-electron chi connectivity index (χ0n) is 10.7. The van der Waals surface area contributed by atoms with E-state index in [0.29, 0.717) is 11.3 Å². The number of hydrogen-bond donors (Lipinski definition) is 0. The second-order valence-corrected chi connectivity index (χ2v) is 5.27. The first kappa shape index (κ1) is 12.7. The van der Waals surface area contributed by atoms with Gasteiger partial charge in [-0.25, -0.2) is 4.98 Å². The Morgan fingerprint density at radius 2 is 2.12 bits per heavy atom. The molecule has 0 aliphatic carbocycles. The van der Waals surface area contributed by atoms with E-state index in [-0.39, 0.29) is 0 Å². The lowest BCUT2D eigenvalue weighted by molar-refractivity contribution is 0.301. The van der Waals surface area contributed by atoms with Gasteiger partial charge in [0.25, 0.3) is 0 Å². The molecule has 0 saturated carbocycles. The van der Waals surface area contributed by atoms with Crippen LogP contribution in [0, 0.1) is 5.41 Å². The molecule has 1 aromatic heterocycles. The summed E-state index contributed by atoms with van der Waals surface area (Å²) < 4.78 is 0. The molecule has 0 radical (unpaired) electrons. The molecule has 2 heterocycles. The highest BCUT2D eigenvalue weighted by Gasteiger charge is 2.35. The van der Waals surface area contributed by atoms with Crippen LogP contribution in [-0.4, -0.2) is 18.1 Å². The Morgan fingerprint density at radius 1 is 1.35 bits per heavy atom. The zero-order chi connectivity index (χ0) is 12.3. The van der Waals surface area contributed by atoms with Crippen molar-refractivity contribution < 1.29 is 0 Å². The van der Waals surface area contributed by atoms with Crippen molar-refractivity contribution in [3.63, 3.8) is 0 Å². The van der Waals surface area contributed by atoms with Crippen molar-refractivity contribution in [2.75, 3.05) is 18.0 Å². The van der Waals surface area contributed by atoms with Gasteiger partial charge in [-0.15, -0.1) is 11.6 Å². The van der Waals surface area contributed by atoms with E-state index < -0.39 is 0 Å². The van der Waals surface area contributed by atoms with Crippen molar-refractivity contribution in [2.45, 2.75) is 39.0 Å². The Morgan fingerprint density at radius 3 is 2.71 bits per heavy atom. The fourth-order valence-corrected chi connectivity index (χ4v) is 2.82. The third-order valence-corrected chi connectivity index (χ3v) is 4.47. The van der Waals surface area contributed by atoms with Gasteiger partial charge in [-0.1, -0.05) is 19.9 Å². The van der Waals surface area contributed by atoms with E-state index in [9.17, 15) is 0 Å². The molecule has 1 aromatic rings. The van der Waals surface area contributed by atoms with Gasteiger partial charge in [0.15, 0.2) is 0 Å². The van der Waals surface area contributed by atoms with Crippen LogP contribution in [-0.2, 0) is 5.88 Å². The zero-order valence-corrected chi connectivity index (χ0v) is 11.5. The predicted molar refractivity (Wildman–Crippen MR) is 73.6 cm³/mol. The van der Waals surface area contributed by atoms with Crippen LogP contribution >= 0.6 is 11.6 Å². The maximum atomic E-state index is 5.84. The third kappa shape index (κ3) is 2.57. The molecule has 1 aliphatic heterocycles. The molecule has 1 fully saturated rings. The van der Waals surface area contributed by atoms with Crippen LogP contribution in [0.15, 0.2) is 18.2 Å². The molecule has 1 aliphatic rings. The molecule has 0 N–H and O–H groups in total. The van der Waals surface area contributed by atoms with Gasteiger partial charge in [0.05, 0.1) is 11.6 Å². The molecule has 17 heavy (non-hydrogen) atoms. The van der Waals surface area contributed by atoms with E-state index >= 15 is 0 Å². The summed E-state index contributed by atoms with van der Waals surface area (Å²) in [5.74, 6) is 1.58. The summed E-state index contributed by atoms with van der Waals surface area (Å²) in [4.78, 5) is 7.01. The minimum absolute atomic E-state index is 0.494. The monoisotopic (exact) mass is 252 g/mol. The summed E-state index contributed by atoms with van der Waals surface area (Å²) in [7, 11) is 0. The molecule has 0 spiro atoms. The molecule has 0 unspecified atom stereocenters. The number of nitrogens with zero attached hydrogens (tertiary/aromatic N) is 2.